The number of aliphatic hydroxyl groups excluding tert-OH is 1. The summed E-state index contributed by atoms with van der Waals surface area (Å²) in [5.74, 6) is -0.249. The fourth-order valence-electron chi connectivity index (χ4n) is 5.75. The Balaban J connectivity index is 4.06. The molecule has 0 aromatic carbocycles. The van der Waals surface area contributed by atoms with Crippen molar-refractivity contribution in [1.82, 2.24) is 5.32 Å². The van der Waals surface area contributed by atoms with Crippen molar-refractivity contribution in [2.75, 3.05) is 6.61 Å². The van der Waals surface area contributed by atoms with Gasteiger partial charge in [-0.25, -0.2) is 4.57 Å². The van der Waals surface area contributed by atoms with E-state index < -0.39 is 26.6 Å². The maximum absolute atomic E-state index is 12.5. The van der Waals surface area contributed by atoms with E-state index in [2.05, 4.69) is 72.3 Å². The molecule has 0 unspecified atom stereocenters. The summed E-state index contributed by atoms with van der Waals surface area (Å²) in [6.07, 6.45) is 46.7. The zero-order valence-electron chi connectivity index (χ0n) is 31.6. The van der Waals surface area contributed by atoms with Gasteiger partial charge in [0.05, 0.1) is 18.8 Å². The molecule has 0 spiro atoms. The van der Waals surface area contributed by atoms with Crippen molar-refractivity contribution in [3.63, 3.8) is 0 Å². The van der Waals surface area contributed by atoms with Crippen LogP contribution in [0, 0.1) is 0 Å². The van der Waals surface area contributed by atoms with E-state index in [0.717, 1.165) is 44.9 Å². The average molecular weight is 710 g/mol. The van der Waals surface area contributed by atoms with Crippen molar-refractivity contribution < 1.29 is 28.8 Å². The SMILES string of the molecule is CCCCCCCCC/C=C/C/C=C/C/C=C/C/C=C/CCCC(=O)N[C@@H](COP(=O)(O)O)[C@H](O)CCCCCCCCCCCCCC. The quantitative estimate of drug-likeness (QED) is 0.0292. The summed E-state index contributed by atoms with van der Waals surface area (Å²) in [6, 6.07) is -0.853. The molecule has 0 aliphatic rings. The molecule has 0 aliphatic heterocycles. The molecule has 4 N–H and O–H groups in total. The minimum absolute atomic E-state index is 0.249. The standard InChI is InChI=1S/C41H76NO6P/c1-3-5-7-9-11-13-15-17-18-19-20-21-22-23-24-25-27-29-31-33-35-37-41(44)42-39(38-48-49(45,46)47)40(43)36-34-32-30-28-26-16-14-12-10-8-6-4-2/h18-19,21-22,24-25,29,31,39-40,43H,3-17,20,23,26-28,30,32-38H2,1-2H3,(H,42,44)(H2,45,46,47)/b19-18+,22-21+,25-24+,31-29+/t39-,40+/m0/s1. The zero-order valence-corrected chi connectivity index (χ0v) is 32.5. The second-order valence-corrected chi connectivity index (χ2v) is 14.8. The summed E-state index contributed by atoms with van der Waals surface area (Å²) in [4.78, 5) is 30.8. The lowest BCUT2D eigenvalue weighted by atomic mass is 10.0. The van der Waals surface area contributed by atoms with Crippen LogP contribution >= 0.6 is 7.82 Å². The number of aliphatic hydroxyl groups is 1. The number of phosphoric ester groups is 1. The Morgan fingerprint density at radius 2 is 0.980 bits per heavy atom. The Morgan fingerprint density at radius 1 is 0.592 bits per heavy atom. The van der Waals surface area contributed by atoms with Crippen LogP contribution in [0.5, 0.6) is 0 Å². The summed E-state index contributed by atoms with van der Waals surface area (Å²) < 4.78 is 15.9. The molecule has 0 fully saturated rings. The van der Waals surface area contributed by atoms with Crippen molar-refractivity contribution in [3.05, 3.63) is 48.6 Å². The summed E-state index contributed by atoms with van der Waals surface area (Å²) in [5, 5.41) is 13.4. The Bertz CT molecular complexity index is 896. The summed E-state index contributed by atoms with van der Waals surface area (Å²) in [5.41, 5.74) is 0. The van der Waals surface area contributed by atoms with Crippen molar-refractivity contribution in [2.45, 2.75) is 199 Å². The molecule has 2 atom stereocenters. The molecule has 0 aromatic rings. The number of hydrogen-bond donors (Lipinski definition) is 4. The van der Waals surface area contributed by atoms with Gasteiger partial charge in [-0.05, 0) is 51.4 Å². The topological polar surface area (TPSA) is 116 Å². The van der Waals surface area contributed by atoms with Crippen LogP contribution in [0.2, 0.25) is 0 Å². The van der Waals surface area contributed by atoms with Gasteiger partial charge in [-0.2, -0.15) is 0 Å². The van der Waals surface area contributed by atoms with Crippen LogP contribution in [-0.2, 0) is 13.9 Å². The molecule has 1 amide bonds. The molecule has 286 valence electrons. The molecule has 0 aromatic heterocycles. The first kappa shape index (κ1) is 47.5. The number of nitrogens with one attached hydrogen (secondary N) is 1. The Morgan fingerprint density at radius 3 is 1.43 bits per heavy atom. The van der Waals surface area contributed by atoms with Crippen molar-refractivity contribution in [3.8, 4) is 0 Å². The van der Waals surface area contributed by atoms with Gasteiger partial charge in [0.25, 0.3) is 0 Å². The third-order valence-electron chi connectivity index (χ3n) is 8.82. The van der Waals surface area contributed by atoms with E-state index in [1.54, 1.807) is 0 Å². The third-order valence-corrected chi connectivity index (χ3v) is 9.30. The van der Waals surface area contributed by atoms with Crippen LogP contribution < -0.4 is 5.32 Å². The summed E-state index contributed by atoms with van der Waals surface area (Å²) in [7, 11) is -4.70. The molecular weight excluding hydrogens is 633 g/mol. The summed E-state index contributed by atoms with van der Waals surface area (Å²) >= 11 is 0. The van der Waals surface area contributed by atoms with E-state index in [1.165, 1.54) is 109 Å². The smallest absolute Gasteiger partial charge is 0.391 e. The van der Waals surface area contributed by atoms with Gasteiger partial charge in [-0.15, -0.1) is 0 Å². The number of hydrogen-bond acceptors (Lipinski definition) is 4. The molecule has 0 heterocycles. The molecule has 0 bridgehead atoms. The van der Waals surface area contributed by atoms with Crippen LogP contribution in [0.3, 0.4) is 0 Å². The predicted octanol–water partition coefficient (Wildman–Crippen LogP) is 11.7. The molecule has 0 saturated heterocycles. The lowest BCUT2D eigenvalue weighted by Crippen LogP contribution is -2.46. The first-order chi connectivity index (χ1) is 23.8. The lowest BCUT2D eigenvalue weighted by molar-refractivity contribution is -0.123. The molecule has 0 saturated carbocycles. The van der Waals surface area contributed by atoms with Crippen LogP contribution in [0.4, 0.5) is 0 Å². The van der Waals surface area contributed by atoms with Crippen molar-refractivity contribution >= 4 is 13.7 Å². The number of carbonyl (C=O) groups is 1. The molecular formula is C41H76NO6P. The number of phosphoric acid groups is 1. The van der Waals surface area contributed by atoms with E-state index in [0.29, 0.717) is 12.8 Å². The molecule has 0 radical (unpaired) electrons. The second kappa shape index (κ2) is 36.3. The van der Waals surface area contributed by atoms with Gasteiger partial charge in [0.2, 0.25) is 5.91 Å². The highest BCUT2D eigenvalue weighted by Crippen LogP contribution is 2.36. The Kier molecular flexibility index (Phi) is 35.2. The van der Waals surface area contributed by atoms with Crippen molar-refractivity contribution in [2.24, 2.45) is 0 Å². The Hall–Kier alpha value is -1.50. The first-order valence-corrected chi connectivity index (χ1v) is 21.6. The molecule has 49 heavy (non-hydrogen) atoms. The van der Waals surface area contributed by atoms with Crippen molar-refractivity contribution in [1.29, 1.82) is 0 Å². The molecule has 8 heteroatoms. The minimum Gasteiger partial charge on any atom is -0.391 e. The Labute approximate surface area is 301 Å². The van der Waals surface area contributed by atoms with Gasteiger partial charge in [-0.3, -0.25) is 9.32 Å². The highest BCUT2D eigenvalue weighted by Gasteiger charge is 2.25. The highest BCUT2D eigenvalue weighted by atomic mass is 31.2. The fourth-order valence-corrected chi connectivity index (χ4v) is 6.10. The normalized spacial score (nSPS) is 13.8. The maximum atomic E-state index is 12.5. The van der Waals surface area contributed by atoms with E-state index in [9.17, 15) is 14.5 Å². The number of amides is 1. The number of carbonyl (C=O) groups excluding carboxylic acids is 1. The maximum Gasteiger partial charge on any atom is 0.469 e. The molecule has 0 aliphatic carbocycles. The van der Waals surface area contributed by atoms with Crippen LogP contribution in [0.25, 0.3) is 0 Å². The van der Waals surface area contributed by atoms with Gasteiger partial charge in [0, 0.05) is 6.42 Å². The molecule has 7 nitrogen and oxygen atoms in total. The second-order valence-electron chi connectivity index (χ2n) is 13.6. The number of allylic oxidation sites excluding steroid dienone is 8. The van der Waals surface area contributed by atoms with Gasteiger partial charge >= 0.3 is 7.82 Å². The van der Waals surface area contributed by atoms with Crippen LogP contribution in [0.15, 0.2) is 48.6 Å². The lowest BCUT2D eigenvalue weighted by Gasteiger charge is -2.24. The third kappa shape index (κ3) is 37.6. The molecule has 0 rings (SSSR count). The average Bonchev–Trinajstić information content (AvgIpc) is 3.07. The fraction of sp³-hybridized carbons (Fsp3) is 0.780. The predicted molar refractivity (Wildman–Crippen MR) is 209 cm³/mol. The summed E-state index contributed by atoms with van der Waals surface area (Å²) in [6.45, 7) is 4.08. The largest absolute Gasteiger partial charge is 0.469 e. The van der Waals surface area contributed by atoms with Gasteiger partial charge in [0.1, 0.15) is 0 Å². The van der Waals surface area contributed by atoms with Gasteiger partial charge in [-0.1, -0.05) is 178 Å². The van der Waals surface area contributed by atoms with E-state index in [1.807, 2.05) is 0 Å². The monoisotopic (exact) mass is 710 g/mol. The van der Waals surface area contributed by atoms with Gasteiger partial charge < -0.3 is 20.2 Å². The van der Waals surface area contributed by atoms with E-state index in [-0.39, 0.29) is 12.3 Å². The van der Waals surface area contributed by atoms with Crippen LogP contribution in [0.1, 0.15) is 187 Å². The van der Waals surface area contributed by atoms with Crippen LogP contribution in [-0.4, -0.2) is 39.6 Å². The minimum atomic E-state index is -4.70. The number of unbranched alkanes of at least 4 members (excludes halogenated alkanes) is 19. The van der Waals surface area contributed by atoms with E-state index >= 15 is 0 Å². The number of rotatable bonds is 36. The zero-order chi connectivity index (χ0) is 36.1. The highest BCUT2D eigenvalue weighted by molar-refractivity contribution is 7.46. The first-order valence-electron chi connectivity index (χ1n) is 20.1. The van der Waals surface area contributed by atoms with E-state index in [4.69, 9.17) is 9.79 Å². The van der Waals surface area contributed by atoms with Gasteiger partial charge in [0.15, 0.2) is 0 Å².